The standard InChI is InChI=1S/C7H12O2/c1-5(8)7-2-6(3-7)4-9-7/h5-6,8H,2-4H2,1H3. The first-order chi connectivity index (χ1) is 4.23. The maximum atomic E-state index is 9.22. The fraction of sp³-hybridized carbons (Fsp3) is 1.00. The van der Waals surface area contributed by atoms with Gasteiger partial charge >= 0.3 is 0 Å². The van der Waals surface area contributed by atoms with E-state index in [0.29, 0.717) is 0 Å². The van der Waals surface area contributed by atoms with Gasteiger partial charge in [0, 0.05) is 0 Å². The normalized spacial score (nSPS) is 50.7. The van der Waals surface area contributed by atoms with Gasteiger partial charge in [-0.1, -0.05) is 0 Å². The molecule has 3 fully saturated rings. The first-order valence-electron chi connectivity index (χ1n) is 3.55. The SMILES string of the molecule is CC(O)C12CC(CO1)C2. The molecular weight excluding hydrogens is 116 g/mol. The third-order valence-electron chi connectivity index (χ3n) is 2.64. The summed E-state index contributed by atoms with van der Waals surface area (Å²) in [6.45, 7) is 2.70. The molecule has 0 spiro atoms. The van der Waals surface area contributed by atoms with Gasteiger partial charge in [-0.15, -0.1) is 0 Å². The lowest BCUT2D eigenvalue weighted by atomic mass is 9.72. The van der Waals surface area contributed by atoms with Gasteiger partial charge in [0.2, 0.25) is 0 Å². The highest BCUT2D eigenvalue weighted by Gasteiger charge is 2.54. The summed E-state index contributed by atoms with van der Waals surface area (Å²) in [7, 11) is 0. The van der Waals surface area contributed by atoms with Crippen molar-refractivity contribution < 1.29 is 9.84 Å². The van der Waals surface area contributed by atoms with Crippen LogP contribution in [0, 0.1) is 5.92 Å². The van der Waals surface area contributed by atoms with Gasteiger partial charge in [-0.05, 0) is 25.7 Å². The molecule has 52 valence electrons. The van der Waals surface area contributed by atoms with E-state index >= 15 is 0 Å². The zero-order chi connectivity index (χ0) is 6.48. The summed E-state index contributed by atoms with van der Waals surface area (Å²) < 4.78 is 5.43. The maximum Gasteiger partial charge on any atom is 0.0944 e. The lowest BCUT2D eigenvalue weighted by Crippen LogP contribution is -2.45. The van der Waals surface area contributed by atoms with Crippen molar-refractivity contribution >= 4 is 0 Å². The third kappa shape index (κ3) is 0.578. The molecule has 1 saturated carbocycles. The van der Waals surface area contributed by atoms with Crippen LogP contribution in [0.4, 0.5) is 0 Å². The average molecular weight is 128 g/mol. The molecule has 0 aromatic heterocycles. The molecule has 1 N–H and O–H groups in total. The second-order valence-corrected chi connectivity index (χ2v) is 3.33. The molecule has 2 bridgehead atoms. The van der Waals surface area contributed by atoms with Crippen LogP contribution in [-0.2, 0) is 4.74 Å². The predicted octanol–water partition coefficient (Wildman–Crippen LogP) is 0.546. The Morgan fingerprint density at radius 3 is 2.56 bits per heavy atom. The van der Waals surface area contributed by atoms with E-state index in [-0.39, 0.29) is 11.7 Å². The van der Waals surface area contributed by atoms with Crippen LogP contribution in [0.15, 0.2) is 0 Å². The summed E-state index contributed by atoms with van der Waals surface area (Å²) in [5, 5.41) is 9.22. The molecule has 1 atom stereocenters. The van der Waals surface area contributed by atoms with E-state index in [4.69, 9.17) is 4.74 Å². The van der Waals surface area contributed by atoms with Crippen LogP contribution >= 0.6 is 0 Å². The van der Waals surface area contributed by atoms with Crippen molar-refractivity contribution in [3.8, 4) is 0 Å². The highest BCUT2D eigenvalue weighted by molar-refractivity contribution is 5.04. The minimum atomic E-state index is -0.267. The lowest BCUT2D eigenvalue weighted by molar-refractivity contribution is -0.0903. The summed E-state index contributed by atoms with van der Waals surface area (Å²) in [5.41, 5.74) is -0.106. The van der Waals surface area contributed by atoms with E-state index in [9.17, 15) is 5.11 Å². The molecule has 3 rings (SSSR count). The van der Waals surface area contributed by atoms with Crippen LogP contribution < -0.4 is 0 Å². The summed E-state index contributed by atoms with van der Waals surface area (Å²) in [5.74, 6) is 0.764. The van der Waals surface area contributed by atoms with E-state index in [0.717, 1.165) is 25.4 Å². The fourth-order valence-electron chi connectivity index (χ4n) is 1.90. The van der Waals surface area contributed by atoms with Crippen molar-refractivity contribution in [3.05, 3.63) is 0 Å². The van der Waals surface area contributed by atoms with Crippen molar-refractivity contribution in [2.75, 3.05) is 6.61 Å². The van der Waals surface area contributed by atoms with Crippen LogP contribution in [0.1, 0.15) is 19.8 Å². The Labute approximate surface area is 54.8 Å². The van der Waals surface area contributed by atoms with Crippen LogP contribution in [0.2, 0.25) is 0 Å². The smallest absolute Gasteiger partial charge is 0.0944 e. The maximum absolute atomic E-state index is 9.22. The Kier molecular flexibility index (Phi) is 0.945. The van der Waals surface area contributed by atoms with Crippen molar-refractivity contribution in [1.82, 2.24) is 0 Å². The van der Waals surface area contributed by atoms with Gasteiger partial charge < -0.3 is 9.84 Å². The molecule has 3 aliphatic rings. The summed E-state index contributed by atoms with van der Waals surface area (Å²) in [6, 6.07) is 0. The molecule has 2 heteroatoms. The Bertz CT molecular complexity index is 119. The summed E-state index contributed by atoms with van der Waals surface area (Å²) >= 11 is 0. The summed E-state index contributed by atoms with van der Waals surface area (Å²) in [6.07, 6.45) is 1.91. The number of fused-ring (bicyclic) bond motifs is 1. The van der Waals surface area contributed by atoms with E-state index in [1.165, 1.54) is 0 Å². The van der Waals surface area contributed by atoms with E-state index < -0.39 is 0 Å². The van der Waals surface area contributed by atoms with Gasteiger partial charge in [0.05, 0.1) is 18.3 Å². The Morgan fingerprint density at radius 2 is 2.33 bits per heavy atom. The van der Waals surface area contributed by atoms with Gasteiger partial charge in [-0.25, -0.2) is 0 Å². The minimum absolute atomic E-state index is 0.106. The Morgan fingerprint density at radius 1 is 1.67 bits per heavy atom. The molecule has 2 saturated heterocycles. The first kappa shape index (κ1) is 5.69. The molecule has 2 nitrogen and oxygen atoms in total. The van der Waals surface area contributed by atoms with E-state index in [1.54, 1.807) is 0 Å². The molecule has 0 amide bonds. The Hall–Kier alpha value is -0.0800. The van der Waals surface area contributed by atoms with Gasteiger partial charge in [0.25, 0.3) is 0 Å². The van der Waals surface area contributed by atoms with Gasteiger partial charge in [0.1, 0.15) is 0 Å². The molecule has 0 aromatic rings. The van der Waals surface area contributed by atoms with Gasteiger partial charge in [-0.3, -0.25) is 0 Å². The molecule has 1 unspecified atom stereocenters. The number of aliphatic hydroxyl groups is 1. The van der Waals surface area contributed by atoms with E-state index in [1.807, 2.05) is 6.92 Å². The lowest BCUT2D eigenvalue weighted by Gasteiger charge is -2.38. The number of hydrogen-bond donors (Lipinski definition) is 1. The topological polar surface area (TPSA) is 29.5 Å². The highest BCUT2D eigenvalue weighted by atomic mass is 16.5. The van der Waals surface area contributed by atoms with E-state index in [2.05, 4.69) is 0 Å². The zero-order valence-electron chi connectivity index (χ0n) is 5.63. The van der Waals surface area contributed by atoms with Crippen LogP contribution in [-0.4, -0.2) is 23.4 Å². The number of hydrogen-bond acceptors (Lipinski definition) is 2. The second kappa shape index (κ2) is 1.50. The van der Waals surface area contributed by atoms with Crippen molar-refractivity contribution in [2.24, 2.45) is 5.92 Å². The molecule has 9 heavy (non-hydrogen) atoms. The number of aliphatic hydroxyl groups excluding tert-OH is 1. The molecule has 0 aromatic carbocycles. The summed E-state index contributed by atoms with van der Waals surface area (Å²) in [4.78, 5) is 0. The highest BCUT2D eigenvalue weighted by Crippen LogP contribution is 2.50. The quantitative estimate of drug-likeness (QED) is 0.558. The van der Waals surface area contributed by atoms with Crippen molar-refractivity contribution in [1.29, 1.82) is 0 Å². The number of ether oxygens (including phenoxy) is 1. The van der Waals surface area contributed by atoms with Crippen molar-refractivity contribution in [2.45, 2.75) is 31.5 Å². The largest absolute Gasteiger partial charge is 0.390 e. The van der Waals surface area contributed by atoms with Crippen LogP contribution in [0.5, 0.6) is 0 Å². The Balaban J connectivity index is 2.10. The van der Waals surface area contributed by atoms with Crippen LogP contribution in [0.3, 0.4) is 0 Å². The van der Waals surface area contributed by atoms with Crippen LogP contribution in [0.25, 0.3) is 0 Å². The molecule has 2 aliphatic heterocycles. The minimum Gasteiger partial charge on any atom is -0.390 e. The second-order valence-electron chi connectivity index (χ2n) is 3.33. The molecular formula is C7H12O2. The van der Waals surface area contributed by atoms with Crippen molar-refractivity contribution in [3.63, 3.8) is 0 Å². The zero-order valence-corrected chi connectivity index (χ0v) is 5.63. The van der Waals surface area contributed by atoms with Gasteiger partial charge in [-0.2, -0.15) is 0 Å². The predicted molar refractivity (Wildman–Crippen MR) is 33.1 cm³/mol. The fourth-order valence-corrected chi connectivity index (χ4v) is 1.90. The molecule has 0 radical (unpaired) electrons. The first-order valence-corrected chi connectivity index (χ1v) is 3.55. The van der Waals surface area contributed by atoms with Gasteiger partial charge in [0.15, 0.2) is 0 Å². The average Bonchev–Trinajstić information content (AvgIpc) is 2.13. The monoisotopic (exact) mass is 128 g/mol. The number of rotatable bonds is 1. The molecule has 1 aliphatic carbocycles. The molecule has 2 heterocycles. The third-order valence-corrected chi connectivity index (χ3v) is 2.64.